The molecule has 3 nitrogen and oxygen atoms in total. The monoisotopic (exact) mass is 273 g/mol. The molecule has 0 aliphatic heterocycles. The summed E-state index contributed by atoms with van der Waals surface area (Å²) in [6.45, 7) is 3.10. The Morgan fingerprint density at radius 3 is 2.95 bits per heavy atom. The fraction of sp³-hybridized carbons (Fsp3) is 0.467. The predicted octanol–water partition coefficient (Wildman–Crippen LogP) is 4.29. The minimum absolute atomic E-state index is 0.769. The average Bonchev–Trinajstić information content (AvgIpc) is 2.83. The zero-order valence-corrected chi connectivity index (χ0v) is 12.0. The smallest absolute Gasteiger partial charge is 0.206 e. The maximum atomic E-state index is 4.29. The summed E-state index contributed by atoms with van der Waals surface area (Å²) in [5.74, 6) is 0.769. The SMILES string of the molecule is CCCNc1nnc(-c2cccc(C3CCC3)c2)s1. The van der Waals surface area contributed by atoms with E-state index in [0.717, 1.165) is 29.0 Å². The molecule has 1 fully saturated rings. The predicted molar refractivity (Wildman–Crippen MR) is 80.7 cm³/mol. The highest BCUT2D eigenvalue weighted by molar-refractivity contribution is 7.18. The first-order valence-corrected chi connectivity index (χ1v) is 7.86. The van der Waals surface area contributed by atoms with Crippen molar-refractivity contribution in [1.29, 1.82) is 0 Å². The lowest BCUT2D eigenvalue weighted by Crippen LogP contribution is -2.08. The fourth-order valence-electron chi connectivity index (χ4n) is 2.31. The molecule has 0 atom stereocenters. The second kappa shape index (κ2) is 5.70. The molecule has 4 heteroatoms. The Balaban J connectivity index is 1.78. The van der Waals surface area contributed by atoms with Gasteiger partial charge in [0.1, 0.15) is 5.01 Å². The molecule has 0 radical (unpaired) electrons. The summed E-state index contributed by atoms with van der Waals surface area (Å²) in [7, 11) is 0. The minimum Gasteiger partial charge on any atom is -0.360 e. The Labute approximate surface area is 118 Å². The van der Waals surface area contributed by atoms with Crippen molar-refractivity contribution < 1.29 is 0 Å². The summed E-state index contributed by atoms with van der Waals surface area (Å²) in [6, 6.07) is 8.80. The molecule has 0 saturated heterocycles. The number of nitrogens with zero attached hydrogens (tertiary/aromatic N) is 2. The van der Waals surface area contributed by atoms with Crippen LogP contribution in [-0.4, -0.2) is 16.7 Å². The van der Waals surface area contributed by atoms with Gasteiger partial charge in [0.15, 0.2) is 0 Å². The first kappa shape index (κ1) is 12.6. The highest BCUT2D eigenvalue weighted by Gasteiger charge is 2.19. The maximum Gasteiger partial charge on any atom is 0.206 e. The number of hydrogen-bond donors (Lipinski definition) is 1. The van der Waals surface area contributed by atoms with Gasteiger partial charge in [-0.1, -0.05) is 42.9 Å². The summed E-state index contributed by atoms with van der Waals surface area (Å²) in [4.78, 5) is 0. The van der Waals surface area contributed by atoms with Gasteiger partial charge in [0.2, 0.25) is 5.13 Å². The van der Waals surface area contributed by atoms with Gasteiger partial charge in [0.05, 0.1) is 0 Å². The molecule has 0 bridgehead atoms. The van der Waals surface area contributed by atoms with Gasteiger partial charge in [-0.2, -0.15) is 0 Å². The highest BCUT2D eigenvalue weighted by atomic mass is 32.1. The van der Waals surface area contributed by atoms with Gasteiger partial charge in [0.25, 0.3) is 0 Å². The Hall–Kier alpha value is -1.42. The first-order chi connectivity index (χ1) is 9.36. The van der Waals surface area contributed by atoms with E-state index >= 15 is 0 Å². The third-order valence-corrected chi connectivity index (χ3v) is 4.59. The quantitative estimate of drug-likeness (QED) is 0.883. The average molecular weight is 273 g/mol. The molecule has 0 amide bonds. The largest absolute Gasteiger partial charge is 0.360 e. The standard InChI is InChI=1S/C15H19N3S/c1-2-9-16-15-18-17-14(19-15)13-8-4-7-12(10-13)11-5-3-6-11/h4,7-8,10-11H,2-3,5-6,9H2,1H3,(H,16,18). The first-order valence-electron chi connectivity index (χ1n) is 7.04. The number of anilines is 1. The fourth-order valence-corrected chi connectivity index (χ4v) is 3.08. The van der Waals surface area contributed by atoms with Crippen LogP contribution < -0.4 is 5.32 Å². The molecular formula is C15H19N3S. The highest BCUT2D eigenvalue weighted by Crippen LogP contribution is 2.38. The van der Waals surface area contributed by atoms with Gasteiger partial charge in [-0.15, -0.1) is 10.2 Å². The van der Waals surface area contributed by atoms with Crippen molar-refractivity contribution in [3.63, 3.8) is 0 Å². The molecule has 0 unspecified atom stereocenters. The van der Waals surface area contributed by atoms with E-state index < -0.39 is 0 Å². The lowest BCUT2D eigenvalue weighted by molar-refractivity contribution is 0.420. The van der Waals surface area contributed by atoms with Crippen LogP contribution in [-0.2, 0) is 0 Å². The van der Waals surface area contributed by atoms with Crippen molar-refractivity contribution >= 4 is 16.5 Å². The summed E-state index contributed by atoms with van der Waals surface area (Å²) in [5.41, 5.74) is 2.66. The van der Waals surface area contributed by atoms with Crippen LogP contribution in [0.1, 0.15) is 44.1 Å². The minimum atomic E-state index is 0.769. The summed E-state index contributed by atoms with van der Waals surface area (Å²) in [5, 5.41) is 13.7. The van der Waals surface area contributed by atoms with Crippen molar-refractivity contribution in [2.45, 2.75) is 38.5 Å². The molecule has 3 rings (SSSR count). The Morgan fingerprint density at radius 2 is 2.21 bits per heavy atom. The van der Waals surface area contributed by atoms with E-state index in [-0.39, 0.29) is 0 Å². The molecule has 1 aromatic heterocycles. The van der Waals surface area contributed by atoms with Crippen LogP contribution in [0.15, 0.2) is 24.3 Å². The number of benzene rings is 1. The zero-order valence-electron chi connectivity index (χ0n) is 11.2. The number of rotatable bonds is 5. The Morgan fingerprint density at radius 1 is 1.32 bits per heavy atom. The van der Waals surface area contributed by atoms with Crippen molar-refractivity contribution in [1.82, 2.24) is 10.2 Å². The molecule has 19 heavy (non-hydrogen) atoms. The van der Waals surface area contributed by atoms with Crippen LogP contribution in [0.2, 0.25) is 0 Å². The molecule has 1 saturated carbocycles. The maximum absolute atomic E-state index is 4.29. The van der Waals surface area contributed by atoms with Gasteiger partial charge in [-0.25, -0.2) is 0 Å². The molecule has 0 spiro atoms. The van der Waals surface area contributed by atoms with E-state index in [1.807, 2.05) is 0 Å². The summed E-state index contributed by atoms with van der Waals surface area (Å²) < 4.78 is 0. The summed E-state index contributed by atoms with van der Waals surface area (Å²) >= 11 is 1.64. The van der Waals surface area contributed by atoms with Crippen LogP contribution >= 0.6 is 11.3 Å². The Kier molecular flexibility index (Phi) is 3.78. The third-order valence-electron chi connectivity index (χ3n) is 3.66. The zero-order chi connectivity index (χ0) is 13.1. The Bertz CT molecular complexity index is 546. The van der Waals surface area contributed by atoms with Gasteiger partial charge >= 0.3 is 0 Å². The van der Waals surface area contributed by atoms with Gasteiger partial charge in [-0.05, 0) is 36.8 Å². The molecular weight excluding hydrogens is 254 g/mol. The van der Waals surface area contributed by atoms with Crippen molar-refractivity contribution in [2.24, 2.45) is 0 Å². The van der Waals surface area contributed by atoms with Crippen molar-refractivity contribution in [3.05, 3.63) is 29.8 Å². The van der Waals surface area contributed by atoms with E-state index in [2.05, 4.69) is 46.7 Å². The van der Waals surface area contributed by atoms with E-state index in [0.29, 0.717) is 0 Å². The molecule has 1 aliphatic carbocycles. The second-order valence-corrected chi connectivity index (χ2v) is 6.07. The van der Waals surface area contributed by atoms with Crippen LogP contribution in [0.5, 0.6) is 0 Å². The lowest BCUT2D eigenvalue weighted by atomic mass is 9.80. The number of aromatic nitrogens is 2. The summed E-state index contributed by atoms with van der Waals surface area (Å²) in [6.07, 6.45) is 5.15. The van der Waals surface area contributed by atoms with Crippen molar-refractivity contribution in [2.75, 3.05) is 11.9 Å². The molecule has 100 valence electrons. The van der Waals surface area contributed by atoms with Gasteiger partial charge in [0, 0.05) is 12.1 Å². The second-order valence-electron chi connectivity index (χ2n) is 5.09. The third kappa shape index (κ3) is 2.78. The molecule has 1 N–H and O–H groups in total. The topological polar surface area (TPSA) is 37.8 Å². The van der Waals surface area contributed by atoms with Crippen LogP contribution in [0.4, 0.5) is 5.13 Å². The normalized spacial score (nSPS) is 15.2. The lowest BCUT2D eigenvalue weighted by Gasteiger charge is -2.25. The van der Waals surface area contributed by atoms with Gasteiger partial charge in [-0.3, -0.25) is 0 Å². The van der Waals surface area contributed by atoms with Crippen LogP contribution in [0.3, 0.4) is 0 Å². The van der Waals surface area contributed by atoms with Crippen molar-refractivity contribution in [3.8, 4) is 10.6 Å². The molecule has 2 aromatic rings. The molecule has 1 heterocycles. The van der Waals surface area contributed by atoms with E-state index in [1.54, 1.807) is 11.3 Å². The van der Waals surface area contributed by atoms with E-state index in [1.165, 1.54) is 30.4 Å². The van der Waals surface area contributed by atoms with Crippen LogP contribution in [0.25, 0.3) is 10.6 Å². The molecule has 1 aliphatic rings. The van der Waals surface area contributed by atoms with E-state index in [9.17, 15) is 0 Å². The number of hydrogen-bond acceptors (Lipinski definition) is 4. The van der Waals surface area contributed by atoms with Crippen LogP contribution in [0, 0.1) is 0 Å². The molecule has 1 aromatic carbocycles. The van der Waals surface area contributed by atoms with E-state index in [4.69, 9.17) is 0 Å². The van der Waals surface area contributed by atoms with Gasteiger partial charge < -0.3 is 5.32 Å². The number of nitrogens with one attached hydrogen (secondary N) is 1.